The zero-order valence-electron chi connectivity index (χ0n) is 15.0. The third-order valence-corrected chi connectivity index (χ3v) is 4.41. The molecule has 0 fully saturated rings. The molecule has 0 saturated heterocycles. The first-order valence-electron chi connectivity index (χ1n) is 8.45. The second kappa shape index (κ2) is 6.57. The Morgan fingerprint density at radius 3 is 2.41 bits per heavy atom. The largest absolute Gasteiger partial charge is 0.497 e. The number of aryl methyl sites for hydroxylation is 1. The molecule has 1 aliphatic heterocycles. The normalized spacial score (nSPS) is 14.8. The van der Waals surface area contributed by atoms with E-state index in [0.29, 0.717) is 22.7 Å². The molecule has 0 amide bonds. The predicted molar refractivity (Wildman–Crippen MR) is 104 cm³/mol. The molecule has 4 rings (SSSR count). The molecule has 3 aromatic rings. The standard InChI is InChI=1S/C21H18N4O2/c1-13-18-19(22)17(12-14-8-10-16(26-2)11-9-14)20(23)27-21(18)25(24-13)15-6-4-3-5-7-15/h3-12,22-23H,1-2H3/b17-12+,22-19?,23-20?. The van der Waals surface area contributed by atoms with E-state index in [1.165, 1.54) is 0 Å². The molecule has 2 aromatic carbocycles. The van der Waals surface area contributed by atoms with Crippen LogP contribution in [0.2, 0.25) is 0 Å². The van der Waals surface area contributed by atoms with E-state index in [9.17, 15) is 0 Å². The summed E-state index contributed by atoms with van der Waals surface area (Å²) in [5.41, 5.74) is 3.63. The summed E-state index contributed by atoms with van der Waals surface area (Å²) in [6.07, 6.45) is 1.77. The Morgan fingerprint density at radius 2 is 1.74 bits per heavy atom. The summed E-state index contributed by atoms with van der Waals surface area (Å²) >= 11 is 0. The van der Waals surface area contributed by atoms with Crippen molar-refractivity contribution in [3.8, 4) is 17.3 Å². The highest BCUT2D eigenvalue weighted by Crippen LogP contribution is 2.33. The van der Waals surface area contributed by atoms with Crippen molar-refractivity contribution in [2.45, 2.75) is 6.92 Å². The Bertz CT molecular complexity index is 1060. The highest BCUT2D eigenvalue weighted by atomic mass is 16.5. The maximum absolute atomic E-state index is 8.64. The van der Waals surface area contributed by atoms with Gasteiger partial charge in [-0.25, -0.2) is 0 Å². The van der Waals surface area contributed by atoms with Crippen LogP contribution in [-0.2, 0) is 0 Å². The van der Waals surface area contributed by atoms with Gasteiger partial charge < -0.3 is 9.47 Å². The third-order valence-electron chi connectivity index (χ3n) is 4.41. The molecule has 6 nitrogen and oxygen atoms in total. The molecule has 2 N–H and O–H groups in total. The first-order valence-corrected chi connectivity index (χ1v) is 8.45. The van der Waals surface area contributed by atoms with Crippen LogP contribution in [0.25, 0.3) is 11.8 Å². The van der Waals surface area contributed by atoms with Gasteiger partial charge in [0.1, 0.15) is 5.75 Å². The van der Waals surface area contributed by atoms with Crippen LogP contribution in [0.3, 0.4) is 0 Å². The molecular formula is C21H18N4O2. The van der Waals surface area contributed by atoms with Crippen molar-refractivity contribution < 1.29 is 9.47 Å². The average molecular weight is 358 g/mol. The maximum Gasteiger partial charge on any atom is 0.234 e. The van der Waals surface area contributed by atoms with Crippen molar-refractivity contribution in [1.82, 2.24) is 9.78 Å². The summed E-state index contributed by atoms with van der Waals surface area (Å²) in [5, 5.41) is 21.5. The highest BCUT2D eigenvalue weighted by Gasteiger charge is 2.32. The second-order valence-corrected chi connectivity index (χ2v) is 6.15. The van der Waals surface area contributed by atoms with Crippen LogP contribution in [0.4, 0.5) is 0 Å². The van der Waals surface area contributed by atoms with Crippen LogP contribution in [0, 0.1) is 17.7 Å². The van der Waals surface area contributed by atoms with E-state index in [1.54, 1.807) is 17.9 Å². The van der Waals surface area contributed by atoms with Gasteiger partial charge >= 0.3 is 0 Å². The van der Waals surface area contributed by atoms with Crippen molar-refractivity contribution in [1.29, 1.82) is 10.8 Å². The lowest BCUT2D eigenvalue weighted by Gasteiger charge is -2.19. The van der Waals surface area contributed by atoms with Crippen molar-refractivity contribution in [2.75, 3.05) is 7.11 Å². The number of hydrogen-bond acceptors (Lipinski definition) is 5. The van der Waals surface area contributed by atoms with E-state index in [4.69, 9.17) is 20.3 Å². The predicted octanol–water partition coefficient (Wildman–Crippen LogP) is 4.01. The van der Waals surface area contributed by atoms with Gasteiger partial charge in [-0.2, -0.15) is 9.78 Å². The fraction of sp³-hybridized carbons (Fsp3) is 0.0952. The summed E-state index contributed by atoms with van der Waals surface area (Å²) in [4.78, 5) is 0. The molecule has 1 aliphatic rings. The van der Waals surface area contributed by atoms with Gasteiger partial charge in [-0.05, 0) is 42.8 Å². The minimum absolute atomic E-state index is 0.0691. The first kappa shape index (κ1) is 16.8. The zero-order valence-corrected chi connectivity index (χ0v) is 15.0. The van der Waals surface area contributed by atoms with Crippen molar-refractivity contribution >= 4 is 17.7 Å². The molecule has 0 aliphatic carbocycles. The Balaban J connectivity index is 1.77. The topological polar surface area (TPSA) is 84.0 Å². The van der Waals surface area contributed by atoms with Crippen LogP contribution in [0.5, 0.6) is 11.6 Å². The van der Waals surface area contributed by atoms with E-state index >= 15 is 0 Å². The Hall–Kier alpha value is -3.67. The smallest absolute Gasteiger partial charge is 0.234 e. The number of aromatic nitrogens is 2. The number of hydrogen-bond donors (Lipinski definition) is 2. The summed E-state index contributed by atoms with van der Waals surface area (Å²) in [5.74, 6) is 1.09. The molecule has 2 heterocycles. The zero-order chi connectivity index (χ0) is 19.0. The lowest BCUT2D eigenvalue weighted by Crippen LogP contribution is -2.25. The van der Waals surface area contributed by atoms with E-state index in [2.05, 4.69) is 5.10 Å². The molecule has 0 spiro atoms. The van der Waals surface area contributed by atoms with Gasteiger partial charge in [-0.1, -0.05) is 30.3 Å². The van der Waals surface area contributed by atoms with Gasteiger partial charge in [0.15, 0.2) is 0 Å². The molecule has 0 saturated carbocycles. The minimum Gasteiger partial charge on any atom is -0.497 e. The highest BCUT2D eigenvalue weighted by molar-refractivity contribution is 6.32. The average Bonchev–Trinajstić information content (AvgIpc) is 3.02. The molecule has 1 aromatic heterocycles. The molecule has 0 unspecified atom stereocenters. The van der Waals surface area contributed by atoms with Crippen LogP contribution in [-0.4, -0.2) is 28.5 Å². The van der Waals surface area contributed by atoms with E-state index in [-0.39, 0.29) is 11.6 Å². The van der Waals surface area contributed by atoms with Crippen molar-refractivity contribution in [3.63, 3.8) is 0 Å². The summed E-state index contributed by atoms with van der Waals surface area (Å²) in [7, 11) is 1.61. The Labute approximate surface area is 156 Å². The minimum atomic E-state index is -0.0691. The van der Waals surface area contributed by atoms with Crippen LogP contribution in [0.1, 0.15) is 16.8 Å². The number of fused-ring (bicyclic) bond motifs is 1. The number of nitrogens with zero attached hydrogens (tertiary/aromatic N) is 2. The van der Waals surface area contributed by atoms with Crippen LogP contribution >= 0.6 is 0 Å². The SMILES string of the molecule is COc1ccc(/C=C2/C(=N)Oc3c(c(C)nn3-c3ccccc3)C2=N)cc1. The molecule has 6 heteroatoms. The lowest BCUT2D eigenvalue weighted by molar-refractivity contribution is 0.415. The summed E-state index contributed by atoms with van der Waals surface area (Å²) in [6, 6.07) is 17.0. The van der Waals surface area contributed by atoms with Crippen LogP contribution in [0.15, 0.2) is 60.2 Å². The fourth-order valence-corrected chi connectivity index (χ4v) is 3.04. The Kier molecular flexibility index (Phi) is 4.08. The van der Waals surface area contributed by atoms with Gasteiger partial charge in [0.2, 0.25) is 11.8 Å². The molecular weight excluding hydrogens is 340 g/mol. The van der Waals surface area contributed by atoms with Gasteiger partial charge in [-0.15, -0.1) is 0 Å². The van der Waals surface area contributed by atoms with E-state index in [0.717, 1.165) is 17.0 Å². The number of rotatable bonds is 3. The molecule has 27 heavy (non-hydrogen) atoms. The number of methoxy groups -OCH3 is 1. The number of nitrogens with one attached hydrogen (secondary N) is 2. The molecule has 0 atom stereocenters. The Morgan fingerprint density at radius 1 is 1.04 bits per heavy atom. The lowest BCUT2D eigenvalue weighted by atomic mass is 9.98. The number of benzene rings is 2. The fourth-order valence-electron chi connectivity index (χ4n) is 3.04. The number of ether oxygens (including phenoxy) is 2. The van der Waals surface area contributed by atoms with Crippen molar-refractivity contribution in [2.24, 2.45) is 0 Å². The third kappa shape index (κ3) is 2.91. The van der Waals surface area contributed by atoms with Gasteiger partial charge in [0.05, 0.1) is 35.3 Å². The molecule has 134 valence electrons. The van der Waals surface area contributed by atoms with Gasteiger partial charge in [0, 0.05) is 0 Å². The van der Waals surface area contributed by atoms with Gasteiger partial charge in [-0.3, -0.25) is 10.8 Å². The quantitative estimate of drug-likeness (QED) is 0.742. The van der Waals surface area contributed by atoms with E-state index < -0.39 is 0 Å². The molecule has 0 bridgehead atoms. The van der Waals surface area contributed by atoms with Crippen LogP contribution < -0.4 is 9.47 Å². The first-order chi connectivity index (χ1) is 13.1. The summed E-state index contributed by atoms with van der Waals surface area (Å²) in [6.45, 7) is 1.84. The van der Waals surface area contributed by atoms with E-state index in [1.807, 2.05) is 61.5 Å². The van der Waals surface area contributed by atoms with Crippen molar-refractivity contribution in [3.05, 3.63) is 77.0 Å². The van der Waals surface area contributed by atoms with Gasteiger partial charge in [0.25, 0.3) is 0 Å². The number of para-hydroxylation sites is 1. The summed E-state index contributed by atoms with van der Waals surface area (Å²) < 4.78 is 12.6. The second-order valence-electron chi connectivity index (χ2n) is 6.15. The monoisotopic (exact) mass is 358 g/mol. The molecule has 0 radical (unpaired) electrons. The maximum atomic E-state index is 8.64.